The molecule has 0 bridgehead atoms. The number of nitrogens with zero attached hydrogens (tertiary/aromatic N) is 1. The molecular formula is C30H22BrNOS. The first-order chi connectivity index (χ1) is 16.7. The van der Waals surface area contributed by atoms with E-state index in [0.29, 0.717) is 0 Å². The highest BCUT2D eigenvalue weighted by atomic mass is 79.9. The van der Waals surface area contributed by atoms with Gasteiger partial charge in [0.2, 0.25) is 0 Å². The Kier molecular flexibility index (Phi) is 5.72. The fraction of sp³-hybridized carbons (Fsp3) is 0.133. The predicted molar refractivity (Wildman–Crippen MR) is 145 cm³/mol. The normalized spacial score (nSPS) is 14.1. The number of hydrogen-bond donors (Lipinski definition) is 0. The molecule has 0 aromatic heterocycles. The van der Waals surface area contributed by atoms with Crippen LogP contribution >= 0.6 is 27.7 Å². The molecule has 0 fully saturated rings. The maximum atomic E-state index is 12.9. The first-order valence-electron chi connectivity index (χ1n) is 11.6. The number of hydrogen-bond acceptors (Lipinski definition) is 2. The van der Waals surface area contributed by atoms with Crippen molar-refractivity contribution in [2.45, 2.75) is 35.5 Å². The van der Waals surface area contributed by atoms with Gasteiger partial charge in [0.25, 0.3) is 5.91 Å². The van der Waals surface area contributed by atoms with E-state index in [1.807, 2.05) is 6.07 Å². The molecular weight excluding hydrogens is 502 g/mol. The second kappa shape index (κ2) is 9.01. The predicted octanol–water partition coefficient (Wildman–Crippen LogP) is 8.26. The van der Waals surface area contributed by atoms with Gasteiger partial charge in [-0.25, -0.2) is 4.99 Å². The van der Waals surface area contributed by atoms with Crippen LogP contribution in [0.25, 0.3) is 16.3 Å². The van der Waals surface area contributed by atoms with Crippen molar-refractivity contribution in [1.29, 1.82) is 0 Å². The number of unbranched alkanes of at least 4 members (excludes halogenated alkanes) is 1. The van der Waals surface area contributed by atoms with Crippen molar-refractivity contribution >= 4 is 55.7 Å². The number of rotatable bonds is 7. The molecule has 0 spiro atoms. The fourth-order valence-corrected chi connectivity index (χ4v) is 6.18. The molecule has 0 atom stereocenters. The van der Waals surface area contributed by atoms with E-state index in [0.717, 1.165) is 58.1 Å². The van der Waals surface area contributed by atoms with E-state index in [1.165, 1.54) is 26.1 Å². The van der Waals surface area contributed by atoms with Crippen LogP contribution in [0.15, 0.2) is 110 Å². The van der Waals surface area contributed by atoms with Crippen molar-refractivity contribution in [3.05, 3.63) is 112 Å². The molecule has 4 aromatic carbocycles. The van der Waals surface area contributed by atoms with Gasteiger partial charge < -0.3 is 0 Å². The quantitative estimate of drug-likeness (QED) is 0.228. The van der Waals surface area contributed by atoms with Crippen molar-refractivity contribution in [3.8, 4) is 0 Å². The number of allylic oxidation sites excluding steroid dienone is 1. The van der Waals surface area contributed by atoms with Gasteiger partial charge in [0.15, 0.2) is 0 Å². The standard InChI is InChI=1S/C30H22BrNOS/c31-20-13-15-21(16-14-20)34-26-18-17-23-27-22(26)11-6-12-24(27)29-28(23)25(30(33)32-29)10-5-4-9-19-7-2-1-3-8-19/h1-3,6-8,11-18H,4-5,9-10H2. The fourth-order valence-electron chi connectivity index (χ4n) is 4.97. The number of aliphatic imine (C=N–C) groups is 1. The summed E-state index contributed by atoms with van der Waals surface area (Å²) in [6.07, 6.45) is 3.87. The molecule has 1 aliphatic carbocycles. The van der Waals surface area contributed by atoms with Crippen molar-refractivity contribution in [3.63, 3.8) is 0 Å². The minimum atomic E-state index is -0.0549. The van der Waals surface area contributed by atoms with Gasteiger partial charge in [-0.1, -0.05) is 82.3 Å². The van der Waals surface area contributed by atoms with Crippen LogP contribution in [0.5, 0.6) is 0 Å². The molecule has 2 nitrogen and oxygen atoms in total. The minimum Gasteiger partial charge on any atom is -0.267 e. The first kappa shape index (κ1) is 21.6. The lowest BCUT2D eigenvalue weighted by atomic mass is 9.96. The maximum absolute atomic E-state index is 12.9. The van der Waals surface area contributed by atoms with Crippen LogP contribution < -0.4 is 0 Å². The summed E-state index contributed by atoms with van der Waals surface area (Å²) in [5.41, 5.74) is 6.42. The zero-order valence-electron chi connectivity index (χ0n) is 18.6. The number of fused-ring (bicyclic) bond motifs is 3. The Hall–Kier alpha value is -2.95. The summed E-state index contributed by atoms with van der Waals surface area (Å²) < 4.78 is 1.08. The molecule has 2 aliphatic rings. The minimum absolute atomic E-state index is 0.0549. The van der Waals surface area contributed by atoms with E-state index in [2.05, 4.69) is 99.8 Å². The van der Waals surface area contributed by atoms with Crippen LogP contribution in [0, 0.1) is 0 Å². The molecule has 1 heterocycles. The molecule has 1 amide bonds. The third kappa shape index (κ3) is 3.85. The van der Waals surface area contributed by atoms with E-state index in [-0.39, 0.29) is 5.91 Å². The Labute approximate surface area is 211 Å². The van der Waals surface area contributed by atoms with Gasteiger partial charge in [0.05, 0.1) is 5.71 Å². The molecule has 4 heteroatoms. The first-order valence-corrected chi connectivity index (χ1v) is 13.2. The van der Waals surface area contributed by atoms with Crippen LogP contribution in [0.1, 0.15) is 36.0 Å². The molecule has 166 valence electrons. The van der Waals surface area contributed by atoms with Gasteiger partial charge in [-0.05, 0) is 72.5 Å². The van der Waals surface area contributed by atoms with Crippen LogP contribution in [0.4, 0.5) is 0 Å². The van der Waals surface area contributed by atoms with Gasteiger partial charge in [-0.2, -0.15) is 0 Å². The van der Waals surface area contributed by atoms with Gasteiger partial charge in [-0.15, -0.1) is 0 Å². The van der Waals surface area contributed by atoms with Crippen LogP contribution in [-0.2, 0) is 11.2 Å². The molecule has 4 aromatic rings. The number of aryl methyl sites for hydroxylation is 1. The molecule has 0 saturated carbocycles. The number of benzene rings is 4. The number of amides is 1. The Morgan fingerprint density at radius 3 is 2.38 bits per heavy atom. The highest BCUT2D eigenvalue weighted by molar-refractivity contribution is 9.10. The molecule has 0 saturated heterocycles. The summed E-state index contributed by atoms with van der Waals surface area (Å²) in [5.74, 6) is -0.0549. The Morgan fingerprint density at radius 1 is 0.765 bits per heavy atom. The molecule has 1 aliphatic heterocycles. The van der Waals surface area contributed by atoms with Gasteiger partial charge >= 0.3 is 0 Å². The lowest BCUT2D eigenvalue weighted by Crippen LogP contribution is -1.98. The summed E-state index contributed by atoms with van der Waals surface area (Å²) in [4.78, 5) is 19.8. The Bertz CT molecular complexity index is 1490. The van der Waals surface area contributed by atoms with Crippen LogP contribution in [0.2, 0.25) is 0 Å². The van der Waals surface area contributed by atoms with E-state index < -0.39 is 0 Å². The second-order valence-corrected chi connectivity index (χ2v) is 10.7. The van der Waals surface area contributed by atoms with Gasteiger partial charge in [0.1, 0.15) is 0 Å². The van der Waals surface area contributed by atoms with Crippen molar-refractivity contribution in [1.82, 2.24) is 0 Å². The molecule has 0 radical (unpaired) electrons. The van der Waals surface area contributed by atoms with Crippen LogP contribution in [0.3, 0.4) is 0 Å². The highest BCUT2D eigenvalue weighted by Crippen LogP contribution is 2.47. The van der Waals surface area contributed by atoms with Gasteiger partial charge in [0, 0.05) is 36.4 Å². The van der Waals surface area contributed by atoms with E-state index in [4.69, 9.17) is 0 Å². The Morgan fingerprint density at radius 2 is 1.56 bits per heavy atom. The van der Waals surface area contributed by atoms with E-state index >= 15 is 0 Å². The van der Waals surface area contributed by atoms with E-state index in [9.17, 15) is 4.79 Å². The molecule has 6 rings (SSSR count). The second-order valence-electron chi connectivity index (χ2n) is 8.71. The third-order valence-electron chi connectivity index (χ3n) is 6.56. The third-order valence-corrected chi connectivity index (χ3v) is 8.17. The number of carbonyl (C=O) groups is 1. The zero-order chi connectivity index (χ0) is 23.1. The summed E-state index contributed by atoms with van der Waals surface area (Å²) in [5, 5.41) is 2.45. The van der Waals surface area contributed by atoms with Crippen molar-refractivity contribution in [2.75, 3.05) is 0 Å². The number of halogens is 1. The Balaban J connectivity index is 1.31. The molecule has 0 N–H and O–H groups in total. The smallest absolute Gasteiger partial charge is 0.267 e. The largest absolute Gasteiger partial charge is 0.274 e. The zero-order valence-corrected chi connectivity index (χ0v) is 21.0. The number of carbonyl (C=O) groups excluding carboxylic acids is 1. The average molecular weight is 524 g/mol. The van der Waals surface area contributed by atoms with E-state index in [1.54, 1.807) is 11.8 Å². The van der Waals surface area contributed by atoms with Crippen LogP contribution in [-0.4, -0.2) is 11.6 Å². The van der Waals surface area contributed by atoms with Gasteiger partial charge in [-0.3, -0.25) is 4.79 Å². The monoisotopic (exact) mass is 523 g/mol. The molecule has 0 unspecified atom stereocenters. The SMILES string of the molecule is O=C1N=C2C(=C1CCCCc1ccccc1)c1ccc(Sc3ccc(Br)cc3)c3cccc2c13. The lowest BCUT2D eigenvalue weighted by molar-refractivity contribution is -0.114. The topological polar surface area (TPSA) is 29.4 Å². The lowest BCUT2D eigenvalue weighted by Gasteiger charge is -2.10. The summed E-state index contributed by atoms with van der Waals surface area (Å²) >= 11 is 5.29. The van der Waals surface area contributed by atoms with Crippen molar-refractivity contribution in [2.24, 2.45) is 4.99 Å². The summed E-state index contributed by atoms with van der Waals surface area (Å²) in [7, 11) is 0. The maximum Gasteiger partial charge on any atom is 0.274 e. The average Bonchev–Trinajstić information content (AvgIpc) is 3.35. The summed E-state index contributed by atoms with van der Waals surface area (Å²) in [6.45, 7) is 0. The van der Waals surface area contributed by atoms with Crippen molar-refractivity contribution < 1.29 is 4.79 Å². The highest BCUT2D eigenvalue weighted by Gasteiger charge is 2.35. The molecule has 34 heavy (non-hydrogen) atoms. The summed E-state index contributed by atoms with van der Waals surface area (Å²) in [6, 6.07) is 29.7.